The molecule has 0 amide bonds. The summed E-state index contributed by atoms with van der Waals surface area (Å²) >= 11 is 0. The van der Waals surface area contributed by atoms with Gasteiger partial charge in [0.2, 0.25) is 0 Å². The molecule has 0 radical (unpaired) electrons. The van der Waals surface area contributed by atoms with Crippen molar-refractivity contribution in [2.45, 2.75) is 49.9 Å². The lowest BCUT2D eigenvalue weighted by molar-refractivity contribution is -0.153. The topological polar surface area (TPSA) is 69.8 Å². The highest BCUT2D eigenvalue weighted by Crippen LogP contribution is 2.43. The van der Waals surface area contributed by atoms with Crippen molar-refractivity contribution in [3.63, 3.8) is 0 Å². The predicted molar refractivity (Wildman–Crippen MR) is 85.4 cm³/mol. The number of benzene rings is 1. The summed E-state index contributed by atoms with van der Waals surface area (Å²) < 4.78 is 39.6. The molecule has 2 heterocycles. The van der Waals surface area contributed by atoms with Crippen LogP contribution in [0.15, 0.2) is 24.3 Å². The Hall–Kier alpha value is -1.48. The number of halogens is 3. The molecule has 1 aromatic rings. The van der Waals surface area contributed by atoms with E-state index in [4.69, 9.17) is 5.73 Å². The average molecular weight is 357 g/mol. The van der Waals surface area contributed by atoms with Gasteiger partial charge in [-0.15, -0.1) is 0 Å². The summed E-state index contributed by atoms with van der Waals surface area (Å²) in [4.78, 5) is 14.4. The molecule has 3 rings (SSSR count). The first-order valence-corrected chi connectivity index (χ1v) is 8.23. The molecule has 1 aromatic carbocycles. The van der Waals surface area contributed by atoms with E-state index in [2.05, 4.69) is 0 Å². The lowest BCUT2D eigenvalue weighted by atomic mass is 10.0. The van der Waals surface area contributed by atoms with Crippen LogP contribution in [0.3, 0.4) is 0 Å². The van der Waals surface area contributed by atoms with Crippen LogP contribution in [0.25, 0.3) is 0 Å². The number of carbonyl (C=O) groups is 1. The molecule has 138 valence electrons. The number of nitrogens with two attached hydrogens (primary N) is 1. The van der Waals surface area contributed by atoms with Crippen molar-refractivity contribution in [3.8, 4) is 0 Å². The summed E-state index contributed by atoms with van der Waals surface area (Å²) in [5, 5.41) is 10.9. The highest BCUT2D eigenvalue weighted by molar-refractivity contribution is 5.57. The van der Waals surface area contributed by atoms with Gasteiger partial charge in [-0.1, -0.05) is 18.2 Å². The van der Waals surface area contributed by atoms with Crippen LogP contribution >= 0.6 is 0 Å². The molecule has 0 aliphatic carbocycles. The minimum atomic E-state index is -4.43. The van der Waals surface area contributed by atoms with E-state index in [0.29, 0.717) is 25.8 Å². The fraction of sp³-hybridized carbons (Fsp3) is 0.588. The van der Waals surface area contributed by atoms with E-state index >= 15 is 0 Å². The van der Waals surface area contributed by atoms with Gasteiger partial charge in [-0.3, -0.25) is 9.80 Å². The summed E-state index contributed by atoms with van der Waals surface area (Å²) in [5.74, 6) is 0. The van der Waals surface area contributed by atoms with Gasteiger partial charge in [0, 0.05) is 25.7 Å². The Morgan fingerprint density at radius 2 is 2.12 bits per heavy atom. The van der Waals surface area contributed by atoms with Gasteiger partial charge in [-0.25, -0.2) is 0 Å². The minimum Gasteiger partial charge on any atom is -0.374 e. The first-order chi connectivity index (χ1) is 11.6. The van der Waals surface area contributed by atoms with Gasteiger partial charge in [0.05, 0.1) is 17.6 Å². The van der Waals surface area contributed by atoms with Gasteiger partial charge in [-0.2, -0.15) is 13.2 Å². The zero-order valence-corrected chi connectivity index (χ0v) is 13.9. The predicted octanol–water partition coefficient (Wildman–Crippen LogP) is 1.20. The third-order valence-corrected chi connectivity index (χ3v) is 5.32. The van der Waals surface area contributed by atoms with Crippen molar-refractivity contribution >= 4 is 6.29 Å². The molecule has 4 atom stereocenters. The lowest BCUT2D eigenvalue weighted by Gasteiger charge is -2.46. The normalized spacial score (nSPS) is 31.4. The number of fused-ring (bicyclic) bond motifs is 2. The van der Waals surface area contributed by atoms with E-state index < -0.39 is 23.5 Å². The van der Waals surface area contributed by atoms with Crippen LogP contribution < -0.4 is 5.73 Å². The number of rotatable bonds is 5. The second-order valence-electron chi connectivity index (χ2n) is 7.04. The van der Waals surface area contributed by atoms with Gasteiger partial charge in [0.25, 0.3) is 0 Å². The standard InChI is InChI=1S/C17H22F3N3O2/c1-16(25)15-6-13(9-22(15)8-12(21)10-24)23(16)7-11-4-2-3-5-14(11)17(18,19)20/h2-5,10,12-13,15,25H,6-9,21H2,1H3. The monoisotopic (exact) mass is 357 g/mol. The van der Waals surface area contributed by atoms with E-state index in [-0.39, 0.29) is 24.2 Å². The number of carbonyl (C=O) groups excluding carboxylic acids is 1. The highest BCUT2D eigenvalue weighted by atomic mass is 19.4. The molecule has 2 saturated heterocycles. The molecule has 2 bridgehead atoms. The fourth-order valence-corrected chi connectivity index (χ4v) is 4.16. The van der Waals surface area contributed by atoms with Crippen molar-refractivity contribution in [3.05, 3.63) is 35.4 Å². The Morgan fingerprint density at radius 3 is 2.72 bits per heavy atom. The van der Waals surface area contributed by atoms with E-state index in [0.717, 1.165) is 6.07 Å². The van der Waals surface area contributed by atoms with Crippen molar-refractivity contribution < 1.29 is 23.1 Å². The quantitative estimate of drug-likeness (QED) is 0.775. The molecule has 3 N–H and O–H groups in total. The van der Waals surface area contributed by atoms with Crippen LogP contribution in [0, 0.1) is 0 Å². The second kappa shape index (κ2) is 6.35. The molecule has 2 fully saturated rings. The number of alkyl halides is 3. The molecule has 0 aromatic heterocycles. The summed E-state index contributed by atoms with van der Waals surface area (Å²) in [6.45, 7) is 2.56. The minimum absolute atomic E-state index is 0.0252. The number of likely N-dealkylation sites (tertiary alicyclic amines) is 2. The molecule has 0 saturated carbocycles. The first kappa shape index (κ1) is 18.3. The summed E-state index contributed by atoms with van der Waals surface area (Å²) in [7, 11) is 0. The molecule has 5 nitrogen and oxygen atoms in total. The van der Waals surface area contributed by atoms with Crippen molar-refractivity contribution in [2.75, 3.05) is 13.1 Å². The van der Waals surface area contributed by atoms with Gasteiger partial charge >= 0.3 is 6.18 Å². The van der Waals surface area contributed by atoms with Crippen LogP contribution in [0.4, 0.5) is 13.2 Å². The molecule has 8 heteroatoms. The fourth-order valence-electron chi connectivity index (χ4n) is 4.16. The van der Waals surface area contributed by atoms with Gasteiger partial charge in [-0.05, 0) is 25.0 Å². The average Bonchev–Trinajstić information content (AvgIpc) is 3.04. The highest BCUT2D eigenvalue weighted by Gasteiger charge is 2.57. The number of aldehydes is 1. The van der Waals surface area contributed by atoms with Crippen LogP contribution in [-0.4, -0.2) is 58.1 Å². The van der Waals surface area contributed by atoms with Crippen molar-refractivity contribution in [2.24, 2.45) is 5.73 Å². The Morgan fingerprint density at radius 1 is 1.44 bits per heavy atom. The Kier molecular flexibility index (Phi) is 4.65. The number of hydrogen-bond acceptors (Lipinski definition) is 5. The van der Waals surface area contributed by atoms with Gasteiger partial charge < -0.3 is 15.6 Å². The first-order valence-electron chi connectivity index (χ1n) is 8.23. The maximum absolute atomic E-state index is 13.2. The Labute approximate surface area is 144 Å². The second-order valence-corrected chi connectivity index (χ2v) is 7.04. The molecule has 4 unspecified atom stereocenters. The Balaban J connectivity index is 1.80. The molecule has 25 heavy (non-hydrogen) atoms. The largest absolute Gasteiger partial charge is 0.416 e. The number of nitrogens with zero attached hydrogens (tertiary/aromatic N) is 2. The lowest BCUT2D eigenvalue weighted by Crippen LogP contribution is -2.62. The number of hydrogen-bond donors (Lipinski definition) is 2. The smallest absolute Gasteiger partial charge is 0.374 e. The van der Waals surface area contributed by atoms with Crippen LogP contribution in [0.2, 0.25) is 0 Å². The molecular weight excluding hydrogens is 335 g/mol. The number of aliphatic hydroxyl groups is 1. The molecule has 0 spiro atoms. The van der Waals surface area contributed by atoms with Crippen LogP contribution in [-0.2, 0) is 17.5 Å². The van der Waals surface area contributed by atoms with E-state index in [1.807, 2.05) is 4.90 Å². The van der Waals surface area contributed by atoms with Crippen molar-refractivity contribution in [1.82, 2.24) is 9.80 Å². The summed E-state index contributed by atoms with van der Waals surface area (Å²) in [6, 6.07) is 4.50. The zero-order chi connectivity index (χ0) is 18.4. The molecule has 2 aliphatic heterocycles. The van der Waals surface area contributed by atoms with Gasteiger partial charge in [0.15, 0.2) is 0 Å². The third kappa shape index (κ3) is 3.31. The summed E-state index contributed by atoms with van der Waals surface area (Å²) in [5.41, 5.74) is 3.87. The zero-order valence-electron chi connectivity index (χ0n) is 13.9. The maximum Gasteiger partial charge on any atom is 0.416 e. The maximum atomic E-state index is 13.2. The number of piperazine rings is 1. The van der Waals surface area contributed by atoms with Crippen LogP contribution in [0.1, 0.15) is 24.5 Å². The third-order valence-electron chi connectivity index (χ3n) is 5.32. The van der Waals surface area contributed by atoms with Crippen LogP contribution in [0.5, 0.6) is 0 Å². The van der Waals surface area contributed by atoms with E-state index in [9.17, 15) is 23.1 Å². The molecular formula is C17H22F3N3O2. The summed E-state index contributed by atoms with van der Waals surface area (Å²) in [6.07, 6.45) is -3.12. The Bertz CT molecular complexity index is 650. The van der Waals surface area contributed by atoms with E-state index in [1.165, 1.54) is 12.1 Å². The van der Waals surface area contributed by atoms with Crippen molar-refractivity contribution in [1.29, 1.82) is 0 Å². The SMILES string of the molecule is CC1(O)C2CC(CN2CC(N)C=O)N1Cc1ccccc1C(F)(F)F. The molecule has 2 aliphatic rings. The van der Waals surface area contributed by atoms with Gasteiger partial charge in [0.1, 0.15) is 12.0 Å². The van der Waals surface area contributed by atoms with E-state index in [1.54, 1.807) is 17.9 Å².